The highest BCUT2D eigenvalue weighted by Crippen LogP contribution is 2.48. The second-order valence-corrected chi connectivity index (χ2v) is 17.3. The van der Waals surface area contributed by atoms with E-state index in [0.29, 0.717) is 0 Å². The number of halogens is 1. The van der Waals surface area contributed by atoms with E-state index in [1.54, 1.807) is 0 Å². The van der Waals surface area contributed by atoms with Crippen LogP contribution >= 0.6 is 15.9 Å². The highest BCUT2D eigenvalue weighted by atomic mass is 79.9. The molecule has 13 aromatic rings. The van der Waals surface area contributed by atoms with Crippen LogP contribution in [0.5, 0.6) is 0 Å². The van der Waals surface area contributed by atoms with Crippen molar-refractivity contribution in [2.24, 2.45) is 0 Å². The number of nitrogens with zero attached hydrogens (tertiary/aromatic N) is 1. The lowest BCUT2D eigenvalue weighted by Crippen LogP contribution is -1.94. The Kier molecular flexibility index (Phi) is 9.13. The molecule has 0 N–H and O–H groups in total. The average molecular weight is 867 g/mol. The summed E-state index contributed by atoms with van der Waals surface area (Å²) in [5.74, 6) is 0. The van der Waals surface area contributed by atoms with E-state index in [4.69, 9.17) is 0 Å². The minimum absolute atomic E-state index is 1.03. The number of aromatic nitrogens is 1. The molecule has 0 saturated carbocycles. The lowest BCUT2D eigenvalue weighted by Gasteiger charge is -2.14. The Morgan fingerprint density at radius 2 is 0.810 bits per heavy atom. The zero-order valence-corrected chi connectivity index (χ0v) is 36.1. The minimum Gasteiger partial charge on any atom is -0.309 e. The quantitative estimate of drug-likeness (QED) is 0.145. The van der Waals surface area contributed by atoms with Crippen molar-refractivity contribution in [3.63, 3.8) is 0 Å². The summed E-state index contributed by atoms with van der Waals surface area (Å²) in [6.45, 7) is 0. The summed E-state index contributed by atoms with van der Waals surface area (Å²) in [4.78, 5) is 0. The summed E-state index contributed by atoms with van der Waals surface area (Å²) in [5, 5.41) is 18.7. The van der Waals surface area contributed by atoms with Gasteiger partial charge in [0.05, 0.1) is 11.0 Å². The van der Waals surface area contributed by atoms with E-state index in [9.17, 15) is 0 Å². The molecule has 2 heteroatoms. The Labute approximate surface area is 374 Å². The van der Waals surface area contributed by atoms with Crippen LogP contribution in [-0.4, -0.2) is 4.57 Å². The molecule has 12 aromatic carbocycles. The standard InChI is InChI=1S/C30H19N.C25H16.C6H5Br/c1-2-11-21(12-3-1)31-27-17-9-8-16-25(27)29-24-15-7-6-14-23(24)28-22-13-5-4-10-20(22)18-19-26(28)30(29)31;1-3-9-18-16(7-1)13-14-22-23-15-17-8-2-4-10-19(17)25(23)21-12-6-5-11-20(21)24(18)22;7-6-4-2-1-3-5-6/h1-19H;1-14H,15H2;1-5H. The van der Waals surface area contributed by atoms with Gasteiger partial charge in [0.2, 0.25) is 0 Å². The first-order valence-electron chi connectivity index (χ1n) is 21.7. The number of para-hydroxylation sites is 2. The third-order valence-electron chi connectivity index (χ3n) is 12.9. The second kappa shape index (κ2) is 15.4. The SMILES string of the molecule is Brc1ccccc1.c1ccc(-n2c3ccccc3c3c4ccccc4c4c5ccccc5ccc4c32)cc1.c1ccc2c(c1)Cc1c-2c2ccccc2c2c1ccc1ccccc12. The fraction of sp³-hybridized carbons (Fsp3) is 0.0164. The summed E-state index contributed by atoms with van der Waals surface area (Å²) in [5.41, 5.74) is 9.50. The minimum atomic E-state index is 1.03. The second-order valence-electron chi connectivity index (χ2n) is 16.4. The molecule has 0 radical (unpaired) electrons. The first-order chi connectivity index (χ1) is 31.2. The maximum atomic E-state index is 3.31. The first kappa shape index (κ1) is 37.3. The van der Waals surface area contributed by atoms with Crippen molar-refractivity contribution < 1.29 is 0 Å². The van der Waals surface area contributed by atoms with Gasteiger partial charge in [-0.3, -0.25) is 0 Å². The fourth-order valence-electron chi connectivity index (χ4n) is 10.3. The smallest absolute Gasteiger partial charge is 0.0626 e. The normalized spacial score (nSPS) is 11.8. The van der Waals surface area contributed by atoms with Gasteiger partial charge < -0.3 is 4.57 Å². The molecule has 0 aliphatic heterocycles. The van der Waals surface area contributed by atoms with Gasteiger partial charge in [-0.1, -0.05) is 216 Å². The molecule has 0 fully saturated rings. The molecule has 0 bridgehead atoms. The monoisotopic (exact) mass is 865 g/mol. The molecular weight excluding hydrogens is 827 g/mol. The number of rotatable bonds is 1. The molecular formula is C61H40BrN. The summed E-state index contributed by atoms with van der Waals surface area (Å²) in [6.07, 6.45) is 1.03. The molecule has 0 saturated heterocycles. The maximum absolute atomic E-state index is 3.31. The summed E-state index contributed by atoms with van der Waals surface area (Å²) in [6, 6.07) is 82.8. The number of hydrogen-bond acceptors (Lipinski definition) is 0. The molecule has 296 valence electrons. The van der Waals surface area contributed by atoms with E-state index in [0.717, 1.165) is 10.9 Å². The molecule has 1 aliphatic carbocycles. The Hall–Kier alpha value is -7.52. The van der Waals surface area contributed by atoms with E-state index in [1.807, 2.05) is 30.3 Å². The van der Waals surface area contributed by atoms with Crippen LogP contribution in [0.4, 0.5) is 0 Å². The molecule has 0 spiro atoms. The van der Waals surface area contributed by atoms with E-state index >= 15 is 0 Å². The Balaban J connectivity index is 0.000000118. The van der Waals surface area contributed by atoms with Gasteiger partial charge in [0, 0.05) is 26.3 Å². The fourth-order valence-corrected chi connectivity index (χ4v) is 10.6. The van der Waals surface area contributed by atoms with E-state index in [-0.39, 0.29) is 0 Å². The van der Waals surface area contributed by atoms with E-state index in [1.165, 1.54) is 114 Å². The van der Waals surface area contributed by atoms with Crippen LogP contribution in [0.15, 0.2) is 235 Å². The zero-order chi connectivity index (χ0) is 41.9. The number of fused-ring (bicyclic) bond motifs is 20. The topological polar surface area (TPSA) is 4.93 Å². The van der Waals surface area contributed by atoms with Gasteiger partial charge in [0.1, 0.15) is 0 Å². The van der Waals surface area contributed by atoms with Gasteiger partial charge in [-0.2, -0.15) is 0 Å². The first-order valence-corrected chi connectivity index (χ1v) is 22.5. The molecule has 0 atom stereocenters. The van der Waals surface area contributed by atoms with Crippen LogP contribution in [0.2, 0.25) is 0 Å². The molecule has 1 aromatic heterocycles. The molecule has 1 nitrogen and oxygen atoms in total. The lowest BCUT2D eigenvalue weighted by atomic mass is 9.89. The van der Waals surface area contributed by atoms with Gasteiger partial charge in [-0.25, -0.2) is 0 Å². The van der Waals surface area contributed by atoms with Crippen LogP contribution in [-0.2, 0) is 6.42 Å². The molecule has 0 amide bonds. The van der Waals surface area contributed by atoms with Crippen LogP contribution in [0.1, 0.15) is 11.1 Å². The highest BCUT2D eigenvalue weighted by Gasteiger charge is 2.24. The Morgan fingerprint density at radius 1 is 0.333 bits per heavy atom. The van der Waals surface area contributed by atoms with Gasteiger partial charge in [-0.05, 0) is 118 Å². The van der Waals surface area contributed by atoms with Crippen molar-refractivity contribution >= 4 is 102 Å². The highest BCUT2D eigenvalue weighted by molar-refractivity contribution is 9.10. The summed E-state index contributed by atoms with van der Waals surface area (Å²) in [7, 11) is 0. The van der Waals surface area contributed by atoms with Gasteiger partial charge in [0.15, 0.2) is 0 Å². The summed E-state index contributed by atoms with van der Waals surface area (Å²) < 4.78 is 3.57. The molecule has 1 aliphatic rings. The predicted octanol–water partition coefficient (Wildman–Crippen LogP) is 17.4. The van der Waals surface area contributed by atoms with Crippen LogP contribution in [0.3, 0.4) is 0 Å². The maximum Gasteiger partial charge on any atom is 0.0626 e. The molecule has 0 unspecified atom stereocenters. The summed E-state index contributed by atoms with van der Waals surface area (Å²) >= 11 is 3.31. The molecule has 63 heavy (non-hydrogen) atoms. The third kappa shape index (κ3) is 6.13. The van der Waals surface area contributed by atoms with Crippen molar-refractivity contribution in [1.29, 1.82) is 0 Å². The Morgan fingerprint density at radius 3 is 1.46 bits per heavy atom. The number of benzene rings is 12. The van der Waals surface area contributed by atoms with Gasteiger partial charge >= 0.3 is 0 Å². The zero-order valence-electron chi connectivity index (χ0n) is 34.5. The van der Waals surface area contributed by atoms with Crippen LogP contribution in [0.25, 0.3) is 103 Å². The third-order valence-corrected chi connectivity index (χ3v) is 13.5. The van der Waals surface area contributed by atoms with Crippen LogP contribution in [0, 0.1) is 0 Å². The number of hydrogen-bond donors (Lipinski definition) is 0. The van der Waals surface area contributed by atoms with Crippen molar-refractivity contribution in [1.82, 2.24) is 4.57 Å². The average Bonchev–Trinajstić information content (AvgIpc) is 3.92. The molecule has 1 heterocycles. The van der Waals surface area contributed by atoms with Gasteiger partial charge in [0.25, 0.3) is 0 Å². The largest absolute Gasteiger partial charge is 0.309 e. The van der Waals surface area contributed by atoms with Gasteiger partial charge in [-0.15, -0.1) is 0 Å². The lowest BCUT2D eigenvalue weighted by molar-refractivity contribution is 1.19. The molecule has 14 rings (SSSR count). The van der Waals surface area contributed by atoms with E-state index < -0.39 is 0 Å². The van der Waals surface area contributed by atoms with E-state index in [2.05, 4.69) is 221 Å². The Bertz CT molecular complexity index is 3880. The van der Waals surface area contributed by atoms with Crippen molar-refractivity contribution in [3.8, 4) is 16.8 Å². The van der Waals surface area contributed by atoms with Crippen molar-refractivity contribution in [2.75, 3.05) is 0 Å². The van der Waals surface area contributed by atoms with Crippen molar-refractivity contribution in [3.05, 3.63) is 246 Å². The van der Waals surface area contributed by atoms with Crippen molar-refractivity contribution in [2.45, 2.75) is 6.42 Å². The predicted molar refractivity (Wildman–Crippen MR) is 275 cm³/mol. The van der Waals surface area contributed by atoms with Crippen LogP contribution < -0.4 is 0 Å².